The molecule has 1 saturated heterocycles. The summed E-state index contributed by atoms with van der Waals surface area (Å²) in [5, 5.41) is 1.93. The van der Waals surface area contributed by atoms with Crippen molar-refractivity contribution < 1.29 is 26.0 Å². The lowest BCUT2D eigenvalue weighted by Crippen LogP contribution is -2.44. The molecule has 1 aliphatic rings. The molecule has 0 aliphatic carbocycles. The average Bonchev–Trinajstić information content (AvgIpc) is 2.98. The minimum Gasteiger partial charge on any atom is -0.491 e. The van der Waals surface area contributed by atoms with Crippen molar-refractivity contribution in [3.8, 4) is 5.75 Å². The van der Waals surface area contributed by atoms with E-state index in [4.69, 9.17) is 4.74 Å². The Morgan fingerprint density at radius 1 is 1.10 bits per heavy atom. The van der Waals surface area contributed by atoms with Gasteiger partial charge in [-0.05, 0) is 62.7 Å². The minimum atomic E-state index is -3.88. The van der Waals surface area contributed by atoms with E-state index in [0.717, 1.165) is 0 Å². The van der Waals surface area contributed by atoms with Crippen molar-refractivity contribution in [2.75, 3.05) is 18.1 Å². The Balaban J connectivity index is 1.75. The largest absolute Gasteiger partial charge is 0.491 e. The monoisotopic (exact) mass is 455 g/mol. The van der Waals surface area contributed by atoms with Crippen molar-refractivity contribution in [3.63, 3.8) is 0 Å². The van der Waals surface area contributed by atoms with E-state index in [-0.39, 0.29) is 29.1 Å². The third kappa shape index (κ3) is 5.39. The van der Waals surface area contributed by atoms with Gasteiger partial charge in [0.25, 0.3) is 0 Å². The molecule has 0 saturated carbocycles. The van der Waals surface area contributed by atoms with Gasteiger partial charge < -0.3 is 10.1 Å². The standard InChI is InChI=1S/C21H26FNO5S2/c1-15(2)28-17-7-9-18(10-8-17)30(26,27)21-14-29(24,25)13-20(21)23-12-11-16-5-3-4-6-19(16)22/h3-10,15,20-21,23H,11-14H2,1-2H3/t20-,21-/m0/s1. The summed E-state index contributed by atoms with van der Waals surface area (Å²) in [6, 6.07) is 11.6. The zero-order valence-electron chi connectivity index (χ0n) is 16.9. The van der Waals surface area contributed by atoms with Gasteiger partial charge in [0.1, 0.15) is 11.6 Å². The molecule has 2 aromatic rings. The molecule has 0 amide bonds. The van der Waals surface area contributed by atoms with Gasteiger partial charge in [-0.15, -0.1) is 0 Å². The molecule has 2 atom stereocenters. The molecule has 0 radical (unpaired) electrons. The van der Waals surface area contributed by atoms with Gasteiger partial charge in [-0.25, -0.2) is 21.2 Å². The van der Waals surface area contributed by atoms with Gasteiger partial charge in [0.2, 0.25) is 0 Å². The average molecular weight is 456 g/mol. The maximum absolute atomic E-state index is 13.8. The minimum absolute atomic E-state index is 0.0459. The molecule has 9 heteroatoms. The van der Waals surface area contributed by atoms with E-state index in [0.29, 0.717) is 17.7 Å². The van der Waals surface area contributed by atoms with Gasteiger partial charge >= 0.3 is 0 Å². The Morgan fingerprint density at radius 2 is 1.77 bits per heavy atom. The van der Waals surface area contributed by atoms with Crippen LogP contribution < -0.4 is 10.1 Å². The molecule has 1 N–H and O–H groups in total. The van der Waals surface area contributed by atoms with Crippen molar-refractivity contribution in [1.82, 2.24) is 5.32 Å². The summed E-state index contributed by atoms with van der Waals surface area (Å²) in [5.74, 6) is -0.492. The lowest BCUT2D eigenvalue weighted by atomic mass is 10.1. The molecule has 0 bridgehead atoms. The van der Waals surface area contributed by atoms with Crippen LogP contribution in [-0.2, 0) is 26.1 Å². The van der Waals surface area contributed by atoms with Crippen LogP contribution in [-0.4, -0.2) is 52.3 Å². The number of sulfone groups is 2. The van der Waals surface area contributed by atoms with Gasteiger partial charge in [-0.1, -0.05) is 18.2 Å². The van der Waals surface area contributed by atoms with Crippen molar-refractivity contribution >= 4 is 19.7 Å². The van der Waals surface area contributed by atoms with Crippen molar-refractivity contribution in [1.29, 1.82) is 0 Å². The molecule has 0 aromatic heterocycles. The second-order valence-corrected chi connectivity index (χ2v) is 12.0. The maximum Gasteiger partial charge on any atom is 0.183 e. The third-order valence-electron chi connectivity index (χ3n) is 4.98. The van der Waals surface area contributed by atoms with Crippen molar-refractivity contribution in [3.05, 3.63) is 59.9 Å². The predicted octanol–water partition coefficient (Wildman–Crippen LogP) is 2.38. The van der Waals surface area contributed by atoms with Crippen LogP contribution in [0.15, 0.2) is 53.4 Å². The first-order valence-electron chi connectivity index (χ1n) is 9.76. The zero-order chi connectivity index (χ0) is 21.9. The summed E-state index contributed by atoms with van der Waals surface area (Å²) in [6.45, 7) is 4.01. The Labute approximate surface area is 177 Å². The van der Waals surface area contributed by atoms with E-state index in [9.17, 15) is 21.2 Å². The summed E-state index contributed by atoms with van der Waals surface area (Å²) < 4.78 is 70.0. The number of benzene rings is 2. The SMILES string of the molecule is CC(C)Oc1ccc(S(=O)(=O)[C@H]2CS(=O)(=O)C[C@@H]2NCCc2ccccc2F)cc1. The number of ether oxygens (including phenoxy) is 1. The first-order valence-corrected chi connectivity index (χ1v) is 13.1. The number of nitrogens with one attached hydrogen (secondary N) is 1. The van der Waals surface area contributed by atoms with Gasteiger partial charge in [0.05, 0.1) is 27.8 Å². The van der Waals surface area contributed by atoms with Crippen LogP contribution in [0.3, 0.4) is 0 Å². The predicted molar refractivity (Wildman–Crippen MR) is 114 cm³/mol. The van der Waals surface area contributed by atoms with Crippen LogP contribution in [0.2, 0.25) is 0 Å². The molecular weight excluding hydrogens is 429 g/mol. The van der Waals surface area contributed by atoms with E-state index < -0.39 is 36.7 Å². The lowest BCUT2D eigenvalue weighted by molar-refractivity contribution is 0.242. The van der Waals surface area contributed by atoms with Crippen LogP contribution >= 0.6 is 0 Å². The van der Waals surface area contributed by atoms with E-state index in [1.807, 2.05) is 13.8 Å². The normalized spacial score (nSPS) is 21.1. The highest BCUT2D eigenvalue weighted by Gasteiger charge is 2.45. The van der Waals surface area contributed by atoms with Crippen molar-refractivity contribution in [2.24, 2.45) is 0 Å². The highest BCUT2D eigenvalue weighted by molar-refractivity contribution is 7.96. The fourth-order valence-corrected chi connectivity index (χ4v) is 8.28. The Morgan fingerprint density at radius 3 is 2.40 bits per heavy atom. The quantitative estimate of drug-likeness (QED) is 0.657. The van der Waals surface area contributed by atoms with Gasteiger partial charge in [0.15, 0.2) is 19.7 Å². The van der Waals surface area contributed by atoms with E-state index >= 15 is 0 Å². The topological polar surface area (TPSA) is 89.5 Å². The summed E-state index contributed by atoms with van der Waals surface area (Å²) in [6.07, 6.45) is 0.285. The molecule has 6 nitrogen and oxygen atoms in total. The molecule has 1 aliphatic heterocycles. The summed E-state index contributed by atoms with van der Waals surface area (Å²) in [7, 11) is -7.38. The Hall–Kier alpha value is -1.97. The second kappa shape index (κ2) is 9.03. The number of halogens is 1. The smallest absolute Gasteiger partial charge is 0.183 e. The Bertz CT molecular complexity index is 1080. The first-order chi connectivity index (χ1) is 14.1. The number of hydrogen-bond donors (Lipinski definition) is 1. The van der Waals surface area contributed by atoms with Crippen LogP contribution in [0.25, 0.3) is 0 Å². The van der Waals surface area contributed by atoms with Gasteiger partial charge in [-0.3, -0.25) is 0 Å². The van der Waals surface area contributed by atoms with Gasteiger partial charge in [0, 0.05) is 6.04 Å². The van der Waals surface area contributed by atoms with Crippen LogP contribution in [0.1, 0.15) is 19.4 Å². The molecule has 0 unspecified atom stereocenters. The fourth-order valence-electron chi connectivity index (χ4n) is 3.56. The Kier molecular flexibility index (Phi) is 6.84. The van der Waals surface area contributed by atoms with Gasteiger partial charge in [-0.2, -0.15) is 0 Å². The first kappa shape index (κ1) is 22.7. The molecule has 3 rings (SSSR count). The second-order valence-electron chi connectivity index (χ2n) is 7.70. The third-order valence-corrected chi connectivity index (χ3v) is 9.15. The van der Waals surface area contributed by atoms with E-state index in [1.54, 1.807) is 30.3 Å². The van der Waals surface area contributed by atoms with E-state index in [2.05, 4.69) is 5.32 Å². The molecule has 30 heavy (non-hydrogen) atoms. The lowest BCUT2D eigenvalue weighted by Gasteiger charge is -2.20. The number of rotatable bonds is 8. The van der Waals surface area contributed by atoms with Crippen LogP contribution in [0, 0.1) is 5.82 Å². The van der Waals surface area contributed by atoms with E-state index in [1.165, 1.54) is 18.2 Å². The highest BCUT2D eigenvalue weighted by Crippen LogP contribution is 2.27. The molecule has 2 aromatic carbocycles. The fraction of sp³-hybridized carbons (Fsp3) is 0.429. The zero-order valence-corrected chi connectivity index (χ0v) is 18.5. The van der Waals surface area contributed by atoms with Crippen LogP contribution in [0.4, 0.5) is 4.39 Å². The summed E-state index contributed by atoms with van der Waals surface area (Å²) >= 11 is 0. The number of hydrogen-bond acceptors (Lipinski definition) is 6. The molecule has 1 heterocycles. The molecule has 164 valence electrons. The van der Waals surface area contributed by atoms with Crippen LogP contribution in [0.5, 0.6) is 5.75 Å². The summed E-state index contributed by atoms with van der Waals surface area (Å²) in [5.41, 5.74) is 0.492. The molecular formula is C21H26FNO5S2. The summed E-state index contributed by atoms with van der Waals surface area (Å²) in [4.78, 5) is 0.0570. The maximum atomic E-state index is 13.8. The highest BCUT2D eigenvalue weighted by atomic mass is 32.2. The molecule has 0 spiro atoms. The molecule has 1 fully saturated rings. The van der Waals surface area contributed by atoms with Crippen molar-refractivity contribution in [2.45, 2.75) is 42.6 Å².